The Hall–Kier alpha value is -0.760. The number of anilines is 1. The van der Waals surface area contributed by atoms with Crippen LogP contribution in [-0.2, 0) is 5.88 Å². The third kappa shape index (κ3) is 2.25. The Bertz CT molecular complexity index is 321. The molecule has 0 aliphatic heterocycles. The monoisotopic (exact) mass is 224 g/mol. The molecule has 15 heavy (non-hydrogen) atoms. The summed E-state index contributed by atoms with van der Waals surface area (Å²) in [6, 6.07) is 4.66. The van der Waals surface area contributed by atoms with E-state index in [-0.39, 0.29) is 0 Å². The normalized spacial score (nSPS) is 16.9. The summed E-state index contributed by atoms with van der Waals surface area (Å²) < 4.78 is 0. The van der Waals surface area contributed by atoms with Crippen molar-refractivity contribution in [2.75, 3.05) is 11.9 Å². The Kier molecular flexibility index (Phi) is 3.47. The molecule has 1 saturated carbocycles. The topological polar surface area (TPSA) is 16.1 Å². The molecule has 0 unspecified atom stereocenters. The molecule has 2 rings (SSSR count). The van der Waals surface area contributed by atoms with Crippen molar-refractivity contribution in [1.29, 1.82) is 0 Å². The first-order valence-corrected chi connectivity index (χ1v) is 6.09. The minimum absolute atomic E-state index is 0.542. The zero-order chi connectivity index (χ0) is 10.7. The van der Waals surface area contributed by atoms with Crippen LogP contribution in [0.2, 0.25) is 0 Å². The van der Waals surface area contributed by atoms with Crippen LogP contribution in [0.1, 0.15) is 31.2 Å². The molecule has 0 radical (unpaired) electrons. The maximum atomic E-state index is 5.92. The van der Waals surface area contributed by atoms with E-state index >= 15 is 0 Å². The summed E-state index contributed by atoms with van der Waals surface area (Å²) in [5.41, 5.74) is 1.13. The van der Waals surface area contributed by atoms with Crippen molar-refractivity contribution in [3.63, 3.8) is 0 Å². The number of halogens is 1. The fourth-order valence-electron chi connectivity index (χ4n) is 2.32. The maximum absolute atomic E-state index is 5.92. The number of pyridine rings is 1. The number of nitrogens with zero attached hydrogens (tertiary/aromatic N) is 2. The van der Waals surface area contributed by atoms with Gasteiger partial charge in [-0.1, -0.05) is 18.9 Å². The first-order valence-electron chi connectivity index (χ1n) is 5.55. The summed E-state index contributed by atoms with van der Waals surface area (Å²) in [6.45, 7) is 0. The molecular weight excluding hydrogens is 208 g/mol. The van der Waals surface area contributed by atoms with Crippen LogP contribution in [0.25, 0.3) is 0 Å². The van der Waals surface area contributed by atoms with E-state index in [1.54, 1.807) is 0 Å². The minimum atomic E-state index is 0.542. The van der Waals surface area contributed by atoms with Gasteiger partial charge in [-0.3, -0.25) is 0 Å². The fourth-order valence-corrected chi connectivity index (χ4v) is 2.53. The number of alkyl halides is 1. The second-order valence-corrected chi connectivity index (χ2v) is 4.44. The van der Waals surface area contributed by atoms with E-state index in [2.05, 4.69) is 23.0 Å². The molecule has 1 aliphatic rings. The van der Waals surface area contributed by atoms with Crippen molar-refractivity contribution in [2.45, 2.75) is 37.6 Å². The average Bonchev–Trinajstić information content (AvgIpc) is 2.81. The summed E-state index contributed by atoms with van der Waals surface area (Å²) in [6.07, 6.45) is 7.11. The highest BCUT2D eigenvalue weighted by Crippen LogP contribution is 2.28. The van der Waals surface area contributed by atoms with E-state index in [9.17, 15) is 0 Å². The Labute approximate surface area is 96.3 Å². The van der Waals surface area contributed by atoms with Gasteiger partial charge >= 0.3 is 0 Å². The predicted octanol–water partition coefficient (Wildman–Crippen LogP) is 3.20. The van der Waals surface area contributed by atoms with Crippen LogP contribution in [0, 0.1) is 0 Å². The van der Waals surface area contributed by atoms with Gasteiger partial charge in [0.2, 0.25) is 0 Å². The Morgan fingerprint density at radius 2 is 2.20 bits per heavy atom. The smallest absolute Gasteiger partial charge is 0.132 e. The molecule has 1 heterocycles. The van der Waals surface area contributed by atoms with Crippen LogP contribution in [0.5, 0.6) is 0 Å². The lowest BCUT2D eigenvalue weighted by Crippen LogP contribution is -2.30. The molecule has 1 aromatic rings. The van der Waals surface area contributed by atoms with Gasteiger partial charge in [0, 0.05) is 24.8 Å². The summed E-state index contributed by atoms with van der Waals surface area (Å²) >= 11 is 5.92. The van der Waals surface area contributed by atoms with Gasteiger partial charge in [0.25, 0.3) is 0 Å². The maximum Gasteiger partial charge on any atom is 0.132 e. The highest BCUT2D eigenvalue weighted by molar-refractivity contribution is 6.17. The Morgan fingerprint density at radius 1 is 1.47 bits per heavy atom. The number of rotatable bonds is 3. The van der Waals surface area contributed by atoms with Crippen LogP contribution in [0.15, 0.2) is 18.3 Å². The van der Waals surface area contributed by atoms with Gasteiger partial charge in [0.05, 0.1) is 5.88 Å². The highest BCUT2D eigenvalue weighted by Gasteiger charge is 2.21. The molecule has 0 N–H and O–H groups in total. The van der Waals surface area contributed by atoms with Gasteiger partial charge in [-0.25, -0.2) is 4.98 Å². The van der Waals surface area contributed by atoms with Crippen molar-refractivity contribution < 1.29 is 0 Å². The third-order valence-corrected chi connectivity index (χ3v) is 3.51. The molecule has 1 aromatic heterocycles. The van der Waals surface area contributed by atoms with E-state index in [1.165, 1.54) is 25.7 Å². The molecule has 0 spiro atoms. The third-order valence-electron chi connectivity index (χ3n) is 3.22. The van der Waals surface area contributed by atoms with Gasteiger partial charge in [-0.05, 0) is 18.9 Å². The van der Waals surface area contributed by atoms with E-state index < -0.39 is 0 Å². The Morgan fingerprint density at radius 3 is 2.87 bits per heavy atom. The molecule has 1 fully saturated rings. The van der Waals surface area contributed by atoms with Gasteiger partial charge < -0.3 is 4.90 Å². The summed E-state index contributed by atoms with van der Waals surface area (Å²) in [7, 11) is 2.13. The van der Waals surface area contributed by atoms with Gasteiger partial charge in [-0.15, -0.1) is 11.6 Å². The van der Waals surface area contributed by atoms with E-state index in [1.807, 2.05) is 12.3 Å². The van der Waals surface area contributed by atoms with Gasteiger partial charge in [0.1, 0.15) is 5.82 Å². The molecule has 0 atom stereocenters. The largest absolute Gasteiger partial charge is 0.356 e. The molecule has 0 aromatic carbocycles. The van der Waals surface area contributed by atoms with Crippen molar-refractivity contribution in [3.05, 3.63) is 23.9 Å². The molecule has 3 heteroatoms. The van der Waals surface area contributed by atoms with Gasteiger partial charge in [0.15, 0.2) is 0 Å². The molecular formula is C12H17ClN2. The number of hydrogen-bond acceptors (Lipinski definition) is 2. The zero-order valence-electron chi connectivity index (χ0n) is 9.12. The van der Waals surface area contributed by atoms with Crippen LogP contribution in [-0.4, -0.2) is 18.1 Å². The average molecular weight is 225 g/mol. The van der Waals surface area contributed by atoms with Crippen LogP contribution in [0.4, 0.5) is 5.82 Å². The molecule has 0 amide bonds. The first-order chi connectivity index (χ1) is 7.33. The molecule has 0 bridgehead atoms. The van der Waals surface area contributed by atoms with Crippen molar-refractivity contribution >= 4 is 17.4 Å². The lowest BCUT2D eigenvalue weighted by atomic mass is 10.2. The minimum Gasteiger partial charge on any atom is -0.356 e. The molecule has 0 saturated heterocycles. The van der Waals surface area contributed by atoms with Crippen molar-refractivity contribution in [2.24, 2.45) is 0 Å². The second kappa shape index (κ2) is 4.84. The van der Waals surface area contributed by atoms with E-state index in [0.717, 1.165) is 11.4 Å². The quantitative estimate of drug-likeness (QED) is 0.733. The second-order valence-electron chi connectivity index (χ2n) is 4.17. The lowest BCUT2D eigenvalue weighted by molar-refractivity contribution is 0.644. The van der Waals surface area contributed by atoms with Crippen molar-refractivity contribution in [1.82, 2.24) is 4.98 Å². The number of aromatic nitrogens is 1. The lowest BCUT2D eigenvalue weighted by Gasteiger charge is -2.26. The van der Waals surface area contributed by atoms with E-state index in [4.69, 9.17) is 11.6 Å². The standard InChI is InChI=1S/C12H17ClN2/c1-15(11-6-2-3-7-11)12-10(9-13)5-4-8-14-12/h4-5,8,11H,2-3,6-7,9H2,1H3. The van der Waals surface area contributed by atoms with Crippen molar-refractivity contribution in [3.8, 4) is 0 Å². The van der Waals surface area contributed by atoms with Gasteiger partial charge in [-0.2, -0.15) is 0 Å². The Balaban J connectivity index is 2.19. The summed E-state index contributed by atoms with van der Waals surface area (Å²) in [5, 5.41) is 0. The summed E-state index contributed by atoms with van der Waals surface area (Å²) in [4.78, 5) is 6.73. The first kappa shape index (κ1) is 10.7. The zero-order valence-corrected chi connectivity index (χ0v) is 9.87. The van der Waals surface area contributed by atoms with Crippen LogP contribution >= 0.6 is 11.6 Å². The van der Waals surface area contributed by atoms with E-state index in [0.29, 0.717) is 11.9 Å². The van der Waals surface area contributed by atoms with Crippen LogP contribution in [0.3, 0.4) is 0 Å². The fraction of sp³-hybridized carbons (Fsp3) is 0.583. The SMILES string of the molecule is CN(c1ncccc1CCl)C1CCCC1. The molecule has 2 nitrogen and oxygen atoms in total. The molecule has 82 valence electrons. The predicted molar refractivity (Wildman–Crippen MR) is 64.5 cm³/mol. The molecule has 1 aliphatic carbocycles. The van der Waals surface area contributed by atoms with Crippen LogP contribution < -0.4 is 4.90 Å². The summed E-state index contributed by atoms with van der Waals surface area (Å²) in [5.74, 6) is 1.60. The highest BCUT2D eigenvalue weighted by atomic mass is 35.5. The number of hydrogen-bond donors (Lipinski definition) is 0.